The van der Waals surface area contributed by atoms with E-state index in [0.29, 0.717) is 5.92 Å². The predicted octanol–water partition coefficient (Wildman–Crippen LogP) is 2.97. The topological polar surface area (TPSA) is 20.2 Å². The van der Waals surface area contributed by atoms with E-state index < -0.39 is 0 Å². The second-order valence-corrected chi connectivity index (χ2v) is 4.16. The molecular weight excluding hydrogens is 148 g/mol. The van der Waals surface area contributed by atoms with Crippen LogP contribution in [-0.2, 0) is 0 Å². The Kier molecular flexibility index (Phi) is 4.07. The Morgan fingerprint density at radius 3 is 2.67 bits per heavy atom. The normalized spacial score (nSPS) is 30.2. The molecule has 0 amide bonds. The Morgan fingerprint density at radius 2 is 2.08 bits per heavy atom. The molecule has 72 valence electrons. The predicted molar refractivity (Wildman–Crippen MR) is 52.0 cm³/mol. The summed E-state index contributed by atoms with van der Waals surface area (Å²) in [5.74, 6) is 1.53. The SMILES string of the molecule is CCCC[C@@H]1C[C@H]1[C@H](O)CCC. The average molecular weight is 170 g/mol. The van der Waals surface area contributed by atoms with E-state index in [9.17, 15) is 5.11 Å². The van der Waals surface area contributed by atoms with Crippen LogP contribution in [0, 0.1) is 11.8 Å². The minimum absolute atomic E-state index is 0.0110. The summed E-state index contributed by atoms with van der Waals surface area (Å²) in [4.78, 5) is 0. The summed E-state index contributed by atoms with van der Waals surface area (Å²) >= 11 is 0. The molecule has 1 N–H and O–H groups in total. The third-order valence-corrected chi connectivity index (χ3v) is 2.98. The average Bonchev–Trinajstić information content (AvgIpc) is 2.80. The summed E-state index contributed by atoms with van der Waals surface area (Å²) in [6.45, 7) is 4.38. The highest BCUT2D eigenvalue weighted by Crippen LogP contribution is 2.45. The lowest BCUT2D eigenvalue weighted by molar-refractivity contribution is 0.133. The molecule has 1 rings (SSSR count). The zero-order valence-corrected chi connectivity index (χ0v) is 8.42. The molecule has 0 aromatic carbocycles. The monoisotopic (exact) mass is 170 g/mol. The largest absolute Gasteiger partial charge is 0.393 e. The summed E-state index contributed by atoms with van der Waals surface area (Å²) in [7, 11) is 0. The van der Waals surface area contributed by atoms with Gasteiger partial charge in [0, 0.05) is 0 Å². The molecule has 0 aromatic rings. The number of aliphatic hydroxyl groups is 1. The van der Waals surface area contributed by atoms with Crippen molar-refractivity contribution in [3.63, 3.8) is 0 Å². The molecule has 12 heavy (non-hydrogen) atoms. The Balaban J connectivity index is 2.06. The van der Waals surface area contributed by atoms with Crippen LogP contribution in [-0.4, -0.2) is 11.2 Å². The molecule has 1 aliphatic carbocycles. The molecule has 3 atom stereocenters. The van der Waals surface area contributed by atoms with Crippen LogP contribution in [0.2, 0.25) is 0 Å². The van der Waals surface area contributed by atoms with Gasteiger partial charge in [0.05, 0.1) is 6.10 Å². The van der Waals surface area contributed by atoms with Gasteiger partial charge in [-0.1, -0.05) is 39.5 Å². The minimum Gasteiger partial charge on any atom is -0.393 e. The molecule has 0 unspecified atom stereocenters. The highest BCUT2D eigenvalue weighted by molar-refractivity contribution is 4.90. The number of hydrogen-bond donors (Lipinski definition) is 1. The quantitative estimate of drug-likeness (QED) is 0.649. The lowest BCUT2D eigenvalue weighted by atomic mass is 10.1. The molecule has 0 aliphatic heterocycles. The zero-order chi connectivity index (χ0) is 8.97. The van der Waals surface area contributed by atoms with Crippen molar-refractivity contribution >= 4 is 0 Å². The fourth-order valence-corrected chi connectivity index (χ4v) is 2.05. The molecule has 1 heteroatoms. The molecule has 0 bridgehead atoms. The Bertz CT molecular complexity index is 122. The number of unbranched alkanes of at least 4 members (excludes halogenated alkanes) is 1. The van der Waals surface area contributed by atoms with E-state index in [0.717, 1.165) is 18.8 Å². The molecule has 0 radical (unpaired) electrons. The van der Waals surface area contributed by atoms with Crippen molar-refractivity contribution in [2.24, 2.45) is 11.8 Å². The van der Waals surface area contributed by atoms with E-state index >= 15 is 0 Å². The summed E-state index contributed by atoms with van der Waals surface area (Å²) in [6, 6.07) is 0. The Labute approximate surface area is 76.2 Å². The van der Waals surface area contributed by atoms with Crippen LogP contribution < -0.4 is 0 Å². The first-order valence-electron chi connectivity index (χ1n) is 5.47. The Hall–Kier alpha value is -0.0400. The molecule has 1 fully saturated rings. The van der Waals surface area contributed by atoms with Gasteiger partial charge in [-0.15, -0.1) is 0 Å². The van der Waals surface area contributed by atoms with E-state index in [1.165, 1.54) is 25.7 Å². The summed E-state index contributed by atoms with van der Waals surface area (Å²) in [5.41, 5.74) is 0. The third kappa shape index (κ3) is 2.78. The molecular formula is C11H22O. The molecule has 0 spiro atoms. The van der Waals surface area contributed by atoms with E-state index in [2.05, 4.69) is 13.8 Å². The summed E-state index contributed by atoms with van der Waals surface area (Å²) in [5, 5.41) is 9.66. The number of hydrogen-bond acceptors (Lipinski definition) is 1. The maximum absolute atomic E-state index is 9.66. The van der Waals surface area contributed by atoms with E-state index in [1.807, 2.05) is 0 Å². The van der Waals surface area contributed by atoms with Crippen molar-refractivity contribution < 1.29 is 5.11 Å². The van der Waals surface area contributed by atoms with Crippen LogP contribution in [0.25, 0.3) is 0 Å². The minimum atomic E-state index is 0.0110. The van der Waals surface area contributed by atoms with E-state index in [4.69, 9.17) is 0 Å². The molecule has 1 aliphatic rings. The van der Waals surface area contributed by atoms with Gasteiger partial charge in [-0.25, -0.2) is 0 Å². The lowest BCUT2D eigenvalue weighted by Crippen LogP contribution is -2.09. The van der Waals surface area contributed by atoms with Crippen molar-refractivity contribution in [2.75, 3.05) is 0 Å². The van der Waals surface area contributed by atoms with Gasteiger partial charge in [-0.3, -0.25) is 0 Å². The smallest absolute Gasteiger partial charge is 0.0571 e. The van der Waals surface area contributed by atoms with Crippen molar-refractivity contribution in [1.29, 1.82) is 0 Å². The van der Waals surface area contributed by atoms with Crippen LogP contribution in [0.5, 0.6) is 0 Å². The second-order valence-electron chi connectivity index (χ2n) is 4.16. The van der Waals surface area contributed by atoms with Gasteiger partial charge in [0.25, 0.3) is 0 Å². The fraction of sp³-hybridized carbons (Fsp3) is 1.00. The molecule has 1 saturated carbocycles. The molecule has 0 saturated heterocycles. The number of rotatable bonds is 6. The second kappa shape index (κ2) is 4.86. The van der Waals surface area contributed by atoms with Gasteiger partial charge in [0.2, 0.25) is 0 Å². The van der Waals surface area contributed by atoms with Gasteiger partial charge in [0.1, 0.15) is 0 Å². The molecule has 1 nitrogen and oxygen atoms in total. The molecule has 0 aromatic heterocycles. The van der Waals surface area contributed by atoms with E-state index in [1.54, 1.807) is 0 Å². The standard InChI is InChI=1S/C11H22O/c1-3-5-7-9-8-10(9)11(12)6-4-2/h9-12H,3-8H2,1-2H3/t9-,10-,11-/m1/s1. The van der Waals surface area contributed by atoms with Gasteiger partial charge < -0.3 is 5.11 Å². The van der Waals surface area contributed by atoms with Crippen molar-refractivity contribution in [2.45, 2.75) is 58.5 Å². The first kappa shape index (κ1) is 10.0. The van der Waals surface area contributed by atoms with Crippen LogP contribution in [0.3, 0.4) is 0 Å². The van der Waals surface area contributed by atoms with Crippen LogP contribution in [0.1, 0.15) is 52.4 Å². The van der Waals surface area contributed by atoms with Crippen LogP contribution >= 0.6 is 0 Å². The first-order valence-corrected chi connectivity index (χ1v) is 5.47. The summed E-state index contributed by atoms with van der Waals surface area (Å²) < 4.78 is 0. The van der Waals surface area contributed by atoms with Crippen molar-refractivity contribution in [1.82, 2.24) is 0 Å². The van der Waals surface area contributed by atoms with Gasteiger partial charge in [0.15, 0.2) is 0 Å². The van der Waals surface area contributed by atoms with Gasteiger partial charge in [-0.2, -0.15) is 0 Å². The number of aliphatic hydroxyl groups excluding tert-OH is 1. The first-order chi connectivity index (χ1) is 5.79. The van der Waals surface area contributed by atoms with Crippen LogP contribution in [0.15, 0.2) is 0 Å². The lowest BCUT2D eigenvalue weighted by Gasteiger charge is -2.07. The highest BCUT2D eigenvalue weighted by Gasteiger charge is 2.40. The van der Waals surface area contributed by atoms with E-state index in [-0.39, 0.29) is 6.10 Å². The fourth-order valence-electron chi connectivity index (χ4n) is 2.05. The van der Waals surface area contributed by atoms with Gasteiger partial charge in [-0.05, 0) is 24.7 Å². The van der Waals surface area contributed by atoms with Crippen LogP contribution in [0.4, 0.5) is 0 Å². The highest BCUT2D eigenvalue weighted by atomic mass is 16.3. The zero-order valence-electron chi connectivity index (χ0n) is 8.42. The third-order valence-electron chi connectivity index (χ3n) is 2.98. The Morgan fingerprint density at radius 1 is 1.33 bits per heavy atom. The maximum atomic E-state index is 9.66. The van der Waals surface area contributed by atoms with Crippen molar-refractivity contribution in [3.8, 4) is 0 Å². The summed E-state index contributed by atoms with van der Waals surface area (Å²) in [6.07, 6.45) is 7.43. The maximum Gasteiger partial charge on any atom is 0.0571 e. The van der Waals surface area contributed by atoms with Gasteiger partial charge >= 0.3 is 0 Å². The van der Waals surface area contributed by atoms with Crippen molar-refractivity contribution in [3.05, 3.63) is 0 Å². The molecule has 0 heterocycles.